The first-order chi connectivity index (χ1) is 6.75. The van der Waals surface area contributed by atoms with Gasteiger partial charge in [-0.25, -0.2) is 0 Å². The molecule has 0 saturated carbocycles. The molecule has 0 amide bonds. The third-order valence-electron chi connectivity index (χ3n) is 1.82. The summed E-state index contributed by atoms with van der Waals surface area (Å²) in [5.74, 6) is 0. The second-order valence-corrected chi connectivity index (χ2v) is 4.56. The zero-order valence-corrected chi connectivity index (χ0v) is 9.73. The van der Waals surface area contributed by atoms with Crippen LogP contribution in [0.3, 0.4) is 0 Å². The van der Waals surface area contributed by atoms with Crippen LogP contribution >= 0.6 is 27.3 Å². The number of rotatable bonds is 2. The van der Waals surface area contributed by atoms with Crippen molar-refractivity contribution in [3.63, 3.8) is 0 Å². The van der Waals surface area contributed by atoms with Crippen LogP contribution in [-0.2, 0) is 0 Å². The second-order valence-electron chi connectivity index (χ2n) is 2.87. The number of thiophene rings is 1. The minimum Gasteiger partial charge on any atom is -0.397 e. The molecule has 2 aromatic rings. The molecule has 0 atom stereocenters. The van der Waals surface area contributed by atoms with E-state index >= 15 is 0 Å². The van der Waals surface area contributed by atoms with Gasteiger partial charge in [-0.3, -0.25) is 0 Å². The van der Waals surface area contributed by atoms with Crippen LogP contribution in [0.2, 0.25) is 0 Å². The molecule has 1 aromatic heterocycles. The zero-order chi connectivity index (χ0) is 9.97. The zero-order valence-electron chi connectivity index (χ0n) is 7.33. The highest BCUT2D eigenvalue weighted by molar-refractivity contribution is 9.10. The fourth-order valence-electron chi connectivity index (χ4n) is 1.13. The number of nitrogens with one attached hydrogen (secondary N) is 1. The molecule has 4 heteroatoms. The molecule has 2 nitrogen and oxygen atoms in total. The average Bonchev–Trinajstić information content (AvgIpc) is 2.64. The van der Waals surface area contributed by atoms with Crippen LogP contribution in [0.5, 0.6) is 0 Å². The molecule has 0 radical (unpaired) electrons. The Kier molecular flexibility index (Phi) is 2.74. The first kappa shape index (κ1) is 9.55. The molecular weight excluding hydrogens is 260 g/mol. The Bertz CT molecular complexity index is 426. The van der Waals surface area contributed by atoms with Crippen molar-refractivity contribution in [2.75, 3.05) is 11.1 Å². The lowest BCUT2D eigenvalue weighted by Gasteiger charge is -2.07. The van der Waals surface area contributed by atoms with E-state index in [9.17, 15) is 0 Å². The summed E-state index contributed by atoms with van der Waals surface area (Å²) in [6, 6.07) is 7.78. The van der Waals surface area contributed by atoms with Crippen molar-refractivity contribution in [3.8, 4) is 0 Å². The van der Waals surface area contributed by atoms with Gasteiger partial charge in [0.2, 0.25) is 0 Å². The van der Waals surface area contributed by atoms with Crippen LogP contribution in [0.1, 0.15) is 0 Å². The summed E-state index contributed by atoms with van der Waals surface area (Å²) in [6.45, 7) is 0. The molecule has 1 heterocycles. The third-order valence-corrected chi connectivity index (χ3v) is 2.99. The maximum absolute atomic E-state index is 5.83. The minimum atomic E-state index is 0.749. The molecule has 0 fully saturated rings. The van der Waals surface area contributed by atoms with E-state index in [1.54, 1.807) is 11.3 Å². The summed E-state index contributed by atoms with van der Waals surface area (Å²) >= 11 is 5.06. The molecule has 0 spiro atoms. The molecule has 1 aromatic carbocycles. The number of benzene rings is 1. The Morgan fingerprint density at radius 2 is 2.14 bits per heavy atom. The van der Waals surface area contributed by atoms with Gasteiger partial charge in [-0.2, -0.15) is 11.3 Å². The normalized spacial score (nSPS) is 10.1. The molecule has 0 aliphatic carbocycles. The van der Waals surface area contributed by atoms with E-state index in [2.05, 4.69) is 21.2 Å². The second kappa shape index (κ2) is 4.02. The number of halogens is 1. The molecule has 0 saturated heterocycles. The lowest BCUT2D eigenvalue weighted by atomic mass is 10.2. The largest absolute Gasteiger partial charge is 0.397 e. The highest BCUT2D eigenvalue weighted by Gasteiger charge is 2.00. The lowest BCUT2D eigenvalue weighted by molar-refractivity contribution is 1.56. The minimum absolute atomic E-state index is 0.749. The van der Waals surface area contributed by atoms with E-state index in [0.717, 1.165) is 21.5 Å². The van der Waals surface area contributed by atoms with Gasteiger partial charge >= 0.3 is 0 Å². The highest BCUT2D eigenvalue weighted by Crippen LogP contribution is 2.27. The summed E-state index contributed by atoms with van der Waals surface area (Å²) in [5, 5.41) is 7.31. The van der Waals surface area contributed by atoms with E-state index in [4.69, 9.17) is 5.73 Å². The number of nitrogen functional groups attached to an aromatic ring is 1. The van der Waals surface area contributed by atoms with Crippen molar-refractivity contribution in [1.82, 2.24) is 0 Å². The van der Waals surface area contributed by atoms with Crippen molar-refractivity contribution in [2.24, 2.45) is 0 Å². The fraction of sp³-hybridized carbons (Fsp3) is 0. The van der Waals surface area contributed by atoms with Gasteiger partial charge in [-0.05, 0) is 29.6 Å². The summed E-state index contributed by atoms with van der Waals surface area (Å²) < 4.78 is 1.02. The summed E-state index contributed by atoms with van der Waals surface area (Å²) in [7, 11) is 0. The van der Waals surface area contributed by atoms with Crippen LogP contribution in [0.15, 0.2) is 39.5 Å². The van der Waals surface area contributed by atoms with Gasteiger partial charge in [0.15, 0.2) is 0 Å². The van der Waals surface area contributed by atoms with Gasteiger partial charge in [0, 0.05) is 15.5 Å². The Balaban J connectivity index is 2.28. The Labute approximate surface area is 94.9 Å². The smallest absolute Gasteiger partial charge is 0.0629 e. The molecule has 72 valence electrons. The first-order valence-electron chi connectivity index (χ1n) is 4.10. The monoisotopic (exact) mass is 268 g/mol. The van der Waals surface area contributed by atoms with Gasteiger partial charge in [0.05, 0.1) is 11.4 Å². The fourth-order valence-corrected chi connectivity index (χ4v) is 2.08. The van der Waals surface area contributed by atoms with Crippen molar-refractivity contribution < 1.29 is 0 Å². The van der Waals surface area contributed by atoms with Crippen LogP contribution in [0.25, 0.3) is 0 Å². The predicted octanol–water partition coefficient (Wildman–Crippen LogP) is 3.84. The maximum Gasteiger partial charge on any atom is 0.0629 e. The molecule has 0 aliphatic rings. The number of nitrogens with two attached hydrogens (primary N) is 1. The van der Waals surface area contributed by atoms with E-state index in [0.29, 0.717) is 0 Å². The average molecular weight is 269 g/mol. The van der Waals surface area contributed by atoms with E-state index < -0.39 is 0 Å². The van der Waals surface area contributed by atoms with Gasteiger partial charge in [-0.15, -0.1) is 0 Å². The maximum atomic E-state index is 5.83. The van der Waals surface area contributed by atoms with E-state index in [1.807, 2.05) is 35.0 Å². The highest BCUT2D eigenvalue weighted by atomic mass is 79.9. The van der Waals surface area contributed by atoms with Crippen molar-refractivity contribution in [3.05, 3.63) is 39.5 Å². The van der Waals surface area contributed by atoms with E-state index in [-0.39, 0.29) is 0 Å². The van der Waals surface area contributed by atoms with Gasteiger partial charge < -0.3 is 11.1 Å². The van der Waals surface area contributed by atoms with Crippen LogP contribution < -0.4 is 11.1 Å². The molecule has 0 unspecified atom stereocenters. The van der Waals surface area contributed by atoms with E-state index in [1.165, 1.54) is 0 Å². The molecular formula is C10H9BrN2S. The van der Waals surface area contributed by atoms with Crippen LogP contribution in [-0.4, -0.2) is 0 Å². The van der Waals surface area contributed by atoms with Gasteiger partial charge in [-0.1, -0.05) is 15.9 Å². The van der Waals surface area contributed by atoms with Crippen LogP contribution in [0, 0.1) is 0 Å². The van der Waals surface area contributed by atoms with Gasteiger partial charge in [0.25, 0.3) is 0 Å². The molecule has 0 aliphatic heterocycles. The van der Waals surface area contributed by atoms with Crippen molar-refractivity contribution in [1.29, 1.82) is 0 Å². The number of hydrogen-bond acceptors (Lipinski definition) is 3. The van der Waals surface area contributed by atoms with Crippen LogP contribution in [0.4, 0.5) is 17.1 Å². The predicted molar refractivity (Wildman–Crippen MR) is 66.2 cm³/mol. The Morgan fingerprint density at radius 1 is 1.29 bits per heavy atom. The molecule has 14 heavy (non-hydrogen) atoms. The van der Waals surface area contributed by atoms with Crippen molar-refractivity contribution >= 4 is 44.3 Å². The SMILES string of the molecule is Nc1ccc(Br)cc1Nc1ccsc1. The topological polar surface area (TPSA) is 38.0 Å². The molecule has 2 rings (SSSR count). The molecule has 0 bridgehead atoms. The molecule has 3 N–H and O–H groups in total. The number of hydrogen-bond donors (Lipinski definition) is 2. The lowest BCUT2D eigenvalue weighted by Crippen LogP contribution is -1.94. The Hall–Kier alpha value is -1.00. The van der Waals surface area contributed by atoms with Gasteiger partial charge in [0.1, 0.15) is 0 Å². The first-order valence-corrected chi connectivity index (χ1v) is 5.83. The summed E-state index contributed by atoms with van der Waals surface area (Å²) in [4.78, 5) is 0. The Morgan fingerprint density at radius 3 is 2.86 bits per heavy atom. The number of anilines is 3. The summed E-state index contributed by atoms with van der Waals surface area (Å²) in [5.41, 5.74) is 8.57. The third kappa shape index (κ3) is 2.08. The quantitative estimate of drug-likeness (QED) is 0.813. The van der Waals surface area contributed by atoms with Crippen molar-refractivity contribution in [2.45, 2.75) is 0 Å². The standard InChI is InChI=1S/C10H9BrN2S/c11-7-1-2-9(12)10(5-7)13-8-3-4-14-6-8/h1-6,13H,12H2. The summed E-state index contributed by atoms with van der Waals surface area (Å²) in [6.07, 6.45) is 0.